The number of unbranched alkanes of at least 4 members (excludes halogenated alkanes) is 1. The van der Waals surface area contributed by atoms with E-state index in [1.165, 1.54) is 15.8 Å². The third-order valence-corrected chi connectivity index (χ3v) is 4.96. The van der Waals surface area contributed by atoms with Gasteiger partial charge in [-0.15, -0.1) is 0 Å². The molecule has 2 unspecified atom stereocenters. The van der Waals surface area contributed by atoms with Gasteiger partial charge in [0.15, 0.2) is 0 Å². The molecule has 1 aliphatic rings. The molecular formula is C19H23N3O4. The second-order valence-corrected chi connectivity index (χ2v) is 6.66. The summed E-state index contributed by atoms with van der Waals surface area (Å²) >= 11 is 0. The monoisotopic (exact) mass is 357 g/mol. The van der Waals surface area contributed by atoms with Gasteiger partial charge in [0, 0.05) is 6.54 Å². The van der Waals surface area contributed by atoms with Crippen LogP contribution in [0.25, 0.3) is 10.9 Å². The molecular weight excluding hydrogens is 334 g/mol. The average molecular weight is 357 g/mol. The Kier molecular flexibility index (Phi) is 5.35. The van der Waals surface area contributed by atoms with Crippen molar-refractivity contribution < 1.29 is 14.7 Å². The number of rotatable bonds is 6. The third-order valence-electron chi connectivity index (χ3n) is 4.96. The summed E-state index contributed by atoms with van der Waals surface area (Å²) in [5.74, 6) is -1.29. The van der Waals surface area contributed by atoms with Crippen molar-refractivity contribution in [2.75, 3.05) is 6.54 Å². The predicted octanol–water partition coefficient (Wildman–Crippen LogP) is 2.20. The van der Waals surface area contributed by atoms with Gasteiger partial charge in [-0.3, -0.25) is 14.2 Å². The topological polar surface area (TPSA) is 92.5 Å². The van der Waals surface area contributed by atoms with Crippen LogP contribution in [-0.4, -0.2) is 44.0 Å². The van der Waals surface area contributed by atoms with Crippen LogP contribution in [0.2, 0.25) is 0 Å². The van der Waals surface area contributed by atoms with Crippen LogP contribution in [0, 0.1) is 0 Å². The summed E-state index contributed by atoms with van der Waals surface area (Å²) in [6.07, 6.45) is 4.65. The van der Waals surface area contributed by atoms with Crippen LogP contribution < -0.4 is 5.56 Å². The second-order valence-electron chi connectivity index (χ2n) is 6.66. The third kappa shape index (κ3) is 3.34. The fourth-order valence-corrected chi connectivity index (χ4v) is 3.56. The molecule has 1 N–H and O–H groups in total. The molecule has 2 aromatic rings. The number of hydrogen-bond donors (Lipinski definition) is 1. The van der Waals surface area contributed by atoms with Gasteiger partial charge in [-0.05, 0) is 31.4 Å². The Morgan fingerprint density at radius 2 is 2.12 bits per heavy atom. The molecule has 138 valence electrons. The normalized spacial score (nSPS) is 18.2. The molecule has 0 radical (unpaired) electrons. The SMILES string of the molecule is CCCCC(C(=O)N1CCCC1C(=O)O)n1cnc2ccccc2c1=O. The molecule has 7 nitrogen and oxygen atoms in total. The first kappa shape index (κ1) is 18.1. The maximum Gasteiger partial charge on any atom is 0.326 e. The number of fused-ring (bicyclic) bond motifs is 1. The summed E-state index contributed by atoms with van der Waals surface area (Å²) in [5, 5.41) is 9.84. The smallest absolute Gasteiger partial charge is 0.326 e. The first-order valence-corrected chi connectivity index (χ1v) is 9.03. The highest BCUT2D eigenvalue weighted by atomic mass is 16.4. The molecule has 0 saturated carbocycles. The summed E-state index contributed by atoms with van der Waals surface area (Å²) in [5.41, 5.74) is 0.316. The van der Waals surface area contributed by atoms with Crippen LogP contribution in [0.1, 0.15) is 45.1 Å². The number of para-hydroxylation sites is 1. The van der Waals surface area contributed by atoms with Crippen LogP contribution in [0.5, 0.6) is 0 Å². The summed E-state index contributed by atoms with van der Waals surface area (Å²) in [6.45, 7) is 2.42. The first-order chi connectivity index (χ1) is 12.5. The summed E-state index contributed by atoms with van der Waals surface area (Å²) in [7, 11) is 0. The van der Waals surface area contributed by atoms with Gasteiger partial charge in [-0.1, -0.05) is 31.9 Å². The van der Waals surface area contributed by atoms with Crippen molar-refractivity contribution in [3.8, 4) is 0 Å². The van der Waals surface area contributed by atoms with Crippen molar-refractivity contribution in [2.24, 2.45) is 0 Å². The highest BCUT2D eigenvalue weighted by molar-refractivity contribution is 5.87. The van der Waals surface area contributed by atoms with E-state index in [4.69, 9.17) is 0 Å². The number of amides is 1. The maximum atomic E-state index is 13.1. The van der Waals surface area contributed by atoms with E-state index < -0.39 is 18.1 Å². The Hall–Kier alpha value is -2.70. The fraction of sp³-hybridized carbons (Fsp3) is 0.474. The van der Waals surface area contributed by atoms with Crippen LogP contribution in [0.15, 0.2) is 35.4 Å². The highest BCUT2D eigenvalue weighted by Crippen LogP contribution is 2.24. The van der Waals surface area contributed by atoms with Crippen molar-refractivity contribution >= 4 is 22.8 Å². The molecule has 1 saturated heterocycles. The van der Waals surface area contributed by atoms with Crippen molar-refractivity contribution in [1.82, 2.24) is 14.5 Å². The van der Waals surface area contributed by atoms with Gasteiger partial charge in [0.1, 0.15) is 12.1 Å². The number of nitrogens with zero attached hydrogens (tertiary/aromatic N) is 3. The highest BCUT2D eigenvalue weighted by Gasteiger charge is 2.37. The van der Waals surface area contributed by atoms with E-state index in [1.807, 2.05) is 6.92 Å². The van der Waals surface area contributed by atoms with Gasteiger partial charge >= 0.3 is 5.97 Å². The minimum Gasteiger partial charge on any atom is -0.480 e. The lowest BCUT2D eigenvalue weighted by Gasteiger charge is -2.27. The Balaban J connectivity index is 2.01. The van der Waals surface area contributed by atoms with Crippen LogP contribution in [0.3, 0.4) is 0 Å². The number of carbonyl (C=O) groups is 2. The quantitative estimate of drug-likeness (QED) is 0.855. The van der Waals surface area contributed by atoms with Gasteiger partial charge in [-0.25, -0.2) is 9.78 Å². The molecule has 3 rings (SSSR count). The molecule has 1 aromatic heterocycles. The minimum absolute atomic E-state index is 0.267. The number of benzene rings is 1. The maximum absolute atomic E-state index is 13.1. The van der Waals surface area contributed by atoms with Crippen LogP contribution in [0.4, 0.5) is 0 Å². The van der Waals surface area contributed by atoms with Gasteiger partial charge in [0.2, 0.25) is 5.91 Å². The molecule has 26 heavy (non-hydrogen) atoms. The Labute approximate surface area is 151 Å². The number of aromatic nitrogens is 2. The Bertz CT molecular complexity index is 876. The lowest BCUT2D eigenvalue weighted by atomic mass is 10.1. The molecule has 7 heteroatoms. The molecule has 1 fully saturated rings. The zero-order chi connectivity index (χ0) is 18.7. The number of likely N-dealkylation sites (tertiary alicyclic amines) is 1. The van der Waals surface area contributed by atoms with Crippen molar-refractivity contribution in [3.05, 3.63) is 40.9 Å². The van der Waals surface area contributed by atoms with E-state index in [9.17, 15) is 19.5 Å². The summed E-state index contributed by atoms with van der Waals surface area (Å²) in [4.78, 5) is 43.2. The number of carboxylic acid groups (broad SMARTS) is 1. The molecule has 2 heterocycles. The number of carbonyl (C=O) groups excluding carboxylic acids is 1. The molecule has 1 aromatic carbocycles. The van der Waals surface area contributed by atoms with Gasteiger partial charge in [-0.2, -0.15) is 0 Å². The Morgan fingerprint density at radius 3 is 2.85 bits per heavy atom. The molecule has 1 aliphatic heterocycles. The van der Waals surface area contributed by atoms with Crippen LogP contribution in [-0.2, 0) is 9.59 Å². The van der Waals surface area contributed by atoms with Crippen molar-refractivity contribution in [1.29, 1.82) is 0 Å². The van der Waals surface area contributed by atoms with Crippen LogP contribution >= 0.6 is 0 Å². The zero-order valence-corrected chi connectivity index (χ0v) is 14.8. The average Bonchev–Trinajstić information content (AvgIpc) is 3.13. The van der Waals surface area contributed by atoms with Gasteiger partial charge in [0.05, 0.1) is 17.2 Å². The van der Waals surface area contributed by atoms with E-state index in [1.54, 1.807) is 24.3 Å². The number of hydrogen-bond acceptors (Lipinski definition) is 4. The largest absolute Gasteiger partial charge is 0.480 e. The molecule has 0 bridgehead atoms. The number of carboxylic acids is 1. The lowest BCUT2D eigenvalue weighted by Crippen LogP contribution is -2.45. The number of aliphatic carboxylic acids is 1. The van der Waals surface area contributed by atoms with E-state index >= 15 is 0 Å². The Morgan fingerprint density at radius 1 is 1.35 bits per heavy atom. The standard InChI is InChI=1S/C19H23N3O4/c1-2-3-9-15(18(24)21-11-6-10-16(21)19(25)26)22-12-20-14-8-5-4-7-13(14)17(22)23/h4-5,7-8,12,15-16H,2-3,6,9-11H2,1H3,(H,25,26). The van der Waals surface area contributed by atoms with Gasteiger partial charge in [0.25, 0.3) is 5.56 Å². The molecule has 1 amide bonds. The molecule has 2 atom stereocenters. The second kappa shape index (κ2) is 7.68. The van der Waals surface area contributed by atoms with Crippen molar-refractivity contribution in [3.63, 3.8) is 0 Å². The first-order valence-electron chi connectivity index (χ1n) is 9.03. The fourth-order valence-electron chi connectivity index (χ4n) is 3.56. The summed E-state index contributed by atoms with van der Waals surface area (Å²) < 4.78 is 1.37. The van der Waals surface area contributed by atoms with E-state index in [0.717, 1.165) is 12.8 Å². The molecule has 0 spiro atoms. The predicted molar refractivity (Wildman–Crippen MR) is 96.9 cm³/mol. The van der Waals surface area contributed by atoms with E-state index in [2.05, 4.69) is 4.98 Å². The molecule has 0 aliphatic carbocycles. The minimum atomic E-state index is -0.992. The van der Waals surface area contributed by atoms with E-state index in [-0.39, 0.29) is 11.5 Å². The summed E-state index contributed by atoms with van der Waals surface area (Å²) in [6, 6.07) is 5.49. The van der Waals surface area contributed by atoms with Crippen molar-refractivity contribution in [2.45, 2.75) is 51.1 Å². The zero-order valence-electron chi connectivity index (χ0n) is 14.8. The lowest BCUT2D eigenvalue weighted by molar-refractivity contribution is -0.149. The van der Waals surface area contributed by atoms with E-state index in [0.29, 0.717) is 36.7 Å². The van der Waals surface area contributed by atoms with Gasteiger partial charge < -0.3 is 10.0 Å².